The van der Waals surface area contributed by atoms with Crippen molar-refractivity contribution < 1.29 is 14.3 Å². The molecule has 2 rings (SSSR count). The lowest BCUT2D eigenvalue weighted by atomic mass is 10.1. The zero-order valence-corrected chi connectivity index (χ0v) is 14.7. The second-order valence-electron chi connectivity index (χ2n) is 4.82. The first kappa shape index (κ1) is 17.5. The number of methoxy groups -OCH3 is 1. The molecule has 0 bridgehead atoms. The molecule has 6 heteroatoms. The van der Waals surface area contributed by atoms with Gasteiger partial charge < -0.3 is 10.1 Å². The van der Waals surface area contributed by atoms with Gasteiger partial charge in [0, 0.05) is 10.9 Å². The number of hydrogen-bond donors (Lipinski definition) is 1. The molecule has 0 aliphatic heterocycles. The quantitative estimate of drug-likeness (QED) is 0.786. The van der Waals surface area contributed by atoms with Crippen molar-refractivity contribution in [3.05, 3.63) is 69.2 Å². The van der Waals surface area contributed by atoms with E-state index in [2.05, 4.69) is 21.2 Å². The van der Waals surface area contributed by atoms with Crippen LogP contribution in [0.5, 0.6) is 0 Å². The highest BCUT2D eigenvalue weighted by molar-refractivity contribution is 9.10. The normalized spacial score (nSPS) is 11.6. The number of halogens is 2. The standard InChI is InChI=1S/C17H15BrClNO3/c1-23-17(22)15(10-11-6-2-4-8-13(11)18)20-16(21)12-7-3-5-9-14(12)19/h2-9,15H,10H2,1H3,(H,20,21)/t15-/m0/s1. The summed E-state index contributed by atoms with van der Waals surface area (Å²) in [4.78, 5) is 24.4. The molecule has 1 atom stereocenters. The van der Waals surface area contributed by atoms with E-state index in [-0.39, 0.29) is 0 Å². The van der Waals surface area contributed by atoms with Gasteiger partial charge in [-0.05, 0) is 23.8 Å². The molecule has 2 aromatic carbocycles. The Kier molecular flexibility index (Phi) is 6.19. The van der Waals surface area contributed by atoms with Crippen LogP contribution in [-0.4, -0.2) is 25.0 Å². The molecule has 2 aromatic rings. The van der Waals surface area contributed by atoms with Gasteiger partial charge in [0.1, 0.15) is 6.04 Å². The van der Waals surface area contributed by atoms with Crippen LogP contribution < -0.4 is 5.32 Å². The second-order valence-corrected chi connectivity index (χ2v) is 6.09. The zero-order chi connectivity index (χ0) is 16.8. The van der Waals surface area contributed by atoms with Gasteiger partial charge in [-0.2, -0.15) is 0 Å². The smallest absolute Gasteiger partial charge is 0.328 e. The second kappa shape index (κ2) is 8.13. The van der Waals surface area contributed by atoms with Crippen LogP contribution in [0.25, 0.3) is 0 Å². The number of benzene rings is 2. The van der Waals surface area contributed by atoms with E-state index in [1.54, 1.807) is 24.3 Å². The predicted octanol–water partition coefficient (Wildman–Crippen LogP) is 3.62. The van der Waals surface area contributed by atoms with E-state index >= 15 is 0 Å². The maximum absolute atomic E-state index is 12.4. The van der Waals surface area contributed by atoms with Crippen molar-refractivity contribution in [1.82, 2.24) is 5.32 Å². The van der Waals surface area contributed by atoms with E-state index in [4.69, 9.17) is 16.3 Å². The molecule has 120 valence electrons. The number of hydrogen-bond acceptors (Lipinski definition) is 3. The van der Waals surface area contributed by atoms with Crippen molar-refractivity contribution in [1.29, 1.82) is 0 Å². The molecule has 1 amide bonds. The van der Waals surface area contributed by atoms with E-state index in [1.807, 2.05) is 24.3 Å². The van der Waals surface area contributed by atoms with Crippen LogP contribution >= 0.6 is 27.5 Å². The van der Waals surface area contributed by atoms with E-state index < -0.39 is 17.9 Å². The van der Waals surface area contributed by atoms with Crippen LogP contribution in [0.15, 0.2) is 53.0 Å². The van der Waals surface area contributed by atoms with Gasteiger partial charge >= 0.3 is 5.97 Å². The Hall–Kier alpha value is -1.85. The van der Waals surface area contributed by atoms with Crippen LogP contribution in [0.4, 0.5) is 0 Å². The third-order valence-corrected chi connectivity index (χ3v) is 4.39. The Balaban J connectivity index is 2.20. The van der Waals surface area contributed by atoms with Crippen molar-refractivity contribution in [3.8, 4) is 0 Å². The minimum absolute atomic E-state index is 0.310. The molecule has 0 heterocycles. The number of nitrogens with one attached hydrogen (secondary N) is 1. The average molecular weight is 397 g/mol. The van der Waals surface area contributed by atoms with E-state index in [1.165, 1.54) is 7.11 Å². The third kappa shape index (κ3) is 4.56. The van der Waals surface area contributed by atoms with Gasteiger partial charge in [-0.25, -0.2) is 4.79 Å². The summed E-state index contributed by atoms with van der Waals surface area (Å²) in [6.45, 7) is 0. The fourth-order valence-corrected chi connectivity index (χ4v) is 2.77. The largest absolute Gasteiger partial charge is 0.467 e. The van der Waals surface area contributed by atoms with Gasteiger partial charge in [0.15, 0.2) is 0 Å². The number of ether oxygens (including phenoxy) is 1. The highest BCUT2D eigenvalue weighted by Gasteiger charge is 2.24. The minimum Gasteiger partial charge on any atom is -0.467 e. The van der Waals surface area contributed by atoms with Gasteiger partial charge in [-0.1, -0.05) is 57.9 Å². The zero-order valence-electron chi connectivity index (χ0n) is 12.4. The van der Waals surface area contributed by atoms with E-state index in [9.17, 15) is 9.59 Å². The molecular formula is C17H15BrClNO3. The highest BCUT2D eigenvalue weighted by atomic mass is 79.9. The lowest BCUT2D eigenvalue weighted by molar-refractivity contribution is -0.142. The molecule has 23 heavy (non-hydrogen) atoms. The number of carbonyl (C=O) groups is 2. The Morgan fingerprint density at radius 2 is 1.83 bits per heavy atom. The lowest BCUT2D eigenvalue weighted by Crippen LogP contribution is -2.43. The van der Waals surface area contributed by atoms with Gasteiger partial charge in [-0.3, -0.25) is 4.79 Å². The summed E-state index contributed by atoms with van der Waals surface area (Å²) in [6.07, 6.45) is 0.310. The Labute approximate surface area is 147 Å². The summed E-state index contributed by atoms with van der Waals surface area (Å²) >= 11 is 9.45. The molecule has 0 radical (unpaired) electrons. The number of rotatable bonds is 5. The predicted molar refractivity (Wildman–Crippen MR) is 92.6 cm³/mol. The highest BCUT2D eigenvalue weighted by Crippen LogP contribution is 2.19. The number of amides is 1. The first-order valence-electron chi connectivity index (χ1n) is 6.89. The van der Waals surface area contributed by atoms with Crippen molar-refractivity contribution >= 4 is 39.4 Å². The summed E-state index contributed by atoms with van der Waals surface area (Å²) in [5, 5.41) is 3.01. The molecule has 0 saturated carbocycles. The molecule has 0 saturated heterocycles. The monoisotopic (exact) mass is 395 g/mol. The fourth-order valence-electron chi connectivity index (χ4n) is 2.10. The van der Waals surface area contributed by atoms with Crippen molar-refractivity contribution in [2.75, 3.05) is 7.11 Å². The van der Waals surface area contributed by atoms with Gasteiger partial charge in [0.25, 0.3) is 5.91 Å². The minimum atomic E-state index is -0.803. The molecule has 0 aromatic heterocycles. The van der Waals surface area contributed by atoms with Gasteiger partial charge in [0.2, 0.25) is 0 Å². The van der Waals surface area contributed by atoms with Crippen molar-refractivity contribution in [2.24, 2.45) is 0 Å². The molecule has 0 fully saturated rings. The SMILES string of the molecule is COC(=O)[C@H](Cc1ccccc1Br)NC(=O)c1ccccc1Cl. The third-order valence-electron chi connectivity index (χ3n) is 3.29. The Morgan fingerprint density at radius 1 is 1.17 bits per heavy atom. The lowest BCUT2D eigenvalue weighted by Gasteiger charge is -2.17. The summed E-state index contributed by atoms with van der Waals surface area (Å²) < 4.78 is 5.65. The van der Waals surface area contributed by atoms with Crippen LogP contribution in [-0.2, 0) is 16.0 Å². The Morgan fingerprint density at radius 3 is 2.48 bits per heavy atom. The molecule has 0 spiro atoms. The van der Waals surface area contributed by atoms with Crippen LogP contribution in [0.2, 0.25) is 5.02 Å². The molecule has 1 N–H and O–H groups in total. The van der Waals surface area contributed by atoms with Crippen LogP contribution in [0.1, 0.15) is 15.9 Å². The summed E-state index contributed by atoms with van der Waals surface area (Å²) in [7, 11) is 1.29. The van der Waals surface area contributed by atoms with Gasteiger partial charge in [0.05, 0.1) is 17.7 Å². The molecule has 0 unspecified atom stereocenters. The molecule has 0 aliphatic carbocycles. The molecule has 4 nitrogen and oxygen atoms in total. The van der Waals surface area contributed by atoms with E-state index in [0.29, 0.717) is 17.0 Å². The summed E-state index contributed by atoms with van der Waals surface area (Å²) in [5.74, 6) is -0.931. The van der Waals surface area contributed by atoms with Crippen molar-refractivity contribution in [2.45, 2.75) is 12.5 Å². The maximum atomic E-state index is 12.4. The summed E-state index contributed by atoms with van der Waals surface area (Å²) in [6, 6.07) is 13.4. The first-order valence-corrected chi connectivity index (χ1v) is 8.06. The first-order chi connectivity index (χ1) is 11.0. The van der Waals surface area contributed by atoms with E-state index in [0.717, 1.165) is 10.0 Å². The Bertz CT molecular complexity index is 720. The van der Waals surface area contributed by atoms with Crippen molar-refractivity contribution in [3.63, 3.8) is 0 Å². The summed E-state index contributed by atoms with van der Waals surface area (Å²) in [5.41, 5.74) is 1.21. The maximum Gasteiger partial charge on any atom is 0.328 e. The van der Waals surface area contributed by atoms with Crippen LogP contribution in [0, 0.1) is 0 Å². The number of carbonyl (C=O) groups excluding carboxylic acids is 2. The average Bonchev–Trinajstić information content (AvgIpc) is 2.55. The molecular weight excluding hydrogens is 382 g/mol. The van der Waals surface area contributed by atoms with Gasteiger partial charge in [-0.15, -0.1) is 0 Å². The molecule has 0 aliphatic rings. The number of esters is 1. The van der Waals surface area contributed by atoms with Crippen LogP contribution in [0.3, 0.4) is 0 Å². The topological polar surface area (TPSA) is 55.4 Å². The fraction of sp³-hybridized carbons (Fsp3) is 0.176.